The van der Waals surface area contributed by atoms with E-state index in [0.29, 0.717) is 5.16 Å². The number of aryl methyl sites for hydroxylation is 1. The second kappa shape index (κ2) is 6.06. The normalized spacial score (nSPS) is 11.8. The number of ketones is 1. The molecule has 0 atom stereocenters. The number of nitrogens with zero attached hydrogens (tertiary/aromatic N) is 3. The van der Waals surface area contributed by atoms with E-state index in [1.54, 1.807) is 6.07 Å². The van der Waals surface area contributed by atoms with Crippen molar-refractivity contribution in [2.45, 2.75) is 25.4 Å². The van der Waals surface area contributed by atoms with Crippen LogP contribution in [0.2, 0.25) is 0 Å². The number of hydrogen-bond donors (Lipinski definition) is 2. The van der Waals surface area contributed by atoms with E-state index in [1.165, 1.54) is 18.7 Å². The van der Waals surface area contributed by atoms with Crippen molar-refractivity contribution in [3.8, 4) is 6.07 Å². The van der Waals surface area contributed by atoms with Gasteiger partial charge in [-0.2, -0.15) is 5.26 Å². The molecule has 1 aromatic heterocycles. The lowest BCUT2D eigenvalue weighted by molar-refractivity contribution is -0.112. The van der Waals surface area contributed by atoms with Crippen molar-refractivity contribution in [1.29, 1.82) is 5.26 Å². The van der Waals surface area contributed by atoms with E-state index in [-0.39, 0.29) is 22.8 Å². The molecule has 0 fully saturated rings. The number of allylic oxidation sites excluding steroid dienone is 2. The molecular weight excluding hydrogens is 238 g/mol. The maximum Gasteiger partial charge on any atom is 0.208 e. The highest BCUT2D eigenvalue weighted by atomic mass is 32.2. The van der Waals surface area contributed by atoms with E-state index in [0.717, 1.165) is 12.2 Å². The van der Waals surface area contributed by atoms with Crippen LogP contribution in [-0.2, 0) is 11.2 Å². The third-order valence-electron chi connectivity index (χ3n) is 1.96. The van der Waals surface area contributed by atoms with Crippen LogP contribution in [0, 0.1) is 11.3 Å². The zero-order chi connectivity index (χ0) is 12.8. The summed E-state index contributed by atoms with van der Waals surface area (Å²) in [6, 6.07) is 1.80. The quantitative estimate of drug-likeness (QED) is 0.455. The Morgan fingerprint density at radius 1 is 1.65 bits per heavy atom. The molecule has 3 N–H and O–H groups in total. The van der Waals surface area contributed by atoms with Crippen molar-refractivity contribution in [3.05, 3.63) is 17.1 Å². The molecule has 1 aromatic rings. The van der Waals surface area contributed by atoms with E-state index in [1.807, 2.05) is 6.92 Å². The van der Waals surface area contributed by atoms with Crippen LogP contribution in [-0.4, -0.2) is 26.7 Å². The lowest BCUT2D eigenvalue weighted by Crippen LogP contribution is -2.10. The molecule has 90 valence electrons. The fraction of sp³-hybridized carbons (Fsp3) is 0.400. The number of nitriles is 1. The third kappa shape index (κ3) is 3.60. The SMILES string of the molecule is CCc1nc(SCC(=O)/C(C#N)=C(\C)N)n[nH]1. The van der Waals surface area contributed by atoms with Crippen LogP contribution in [0.5, 0.6) is 0 Å². The molecule has 1 rings (SSSR count). The van der Waals surface area contributed by atoms with Crippen molar-refractivity contribution in [1.82, 2.24) is 15.2 Å². The molecule has 17 heavy (non-hydrogen) atoms. The molecule has 7 heteroatoms. The third-order valence-corrected chi connectivity index (χ3v) is 2.81. The number of aromatic amines is 1. The van der Waals surface area contributed by atoms with Crippen molar-refractivity contribution < 1.29 is 4.79 Å². The van der Waals surface area contributed by atoms with Gasteiger partial charge in [0, 0.05) is 12.1 Å². The Balaban J connectivity index is 2.60. The van der Waals surface area contributed by atoms with Crippen LogP contribution in [0.15, 0.2) is 16.4 Å². The van der Waals surface area contributed by atoms with Gasteiger partial charge in [0.25, 0.3) is 0 Å². The number of aromatic nitrogens is 3. The molecule has 6 nitrogen and oxygen atoms in total. The standard InChI is InChI=1S/C10H13N5OS/c1-3-9-13-10(15-14-9)17-5-8(16)7(4-11)6(2)12/h3,5,12H2,1-2H3,(H,13,14,15)/b7-6+. The van der Waals surface area contributed by atoms with Gasteiger partial charge in [-0.1, -0.05) is 18.7 Å². The molecule has 0 aliphatic rings. The highest BCUT2D eigenvalue weighted by Crippen LogP contribution is 2.14. The van der Waals surface area contributed by atoms with Gasteiger partial charge in [-0.25, -0.2) is 4.98 Å². The maximum atomic E-state index is 11.6. The minimum Gasteiger partial charge on any atom is -0.401 e. The van der Waals surface area contributed by atoms with Crippen LogP contribution >= 0.6 is 11.8 Å². The number of Topliss-reactive ketones (excluding diaryl/α,β-unsaturated/α-hetero) is 1. The summed E-state index contributed by atoms with van der Waals surface area (Å²) in [7, 11) is 0. The summed E-state index contributed by atoms with van der Waals surface area (Å²) in [5.41, 5.74) is 5.67. The van der Waals surface area contributed by atoms with Gasteiger partial charge in [0.05, 0.1) is 5.75 Å². The van der Waals surface area contributed by atoms with Gasteiger partial charge >= 0.3 is 0 Å². The van der Waals surface area contributed by atoms with Gasteiger partial charge < -0.3 is 5.73 Å². The molecule has 0 spiro atoms. The second-order valence-corrected chi connectivity index (χ2v) is 4.24. The van der Waals surface area contributed by atoms with E-state index < -0.39 is 0 Å². The lowest BCUT2D eigenvalue weighted by Gasteiger charge is -1.98. The van der Waals surface area contributed by atoms with Gasteiger partial charge in [0.2, 0.25) is 5.16 Å². The number of carbonyl (C=O) groups excluding carboxylic acids is 1. The summed E-state index contributed by atoms with van der Waals surface area (Å²) in [4.78, 5) is 15.8. The molecule has 0 aliphatic heterocycles. The Morgan fingerprint density at radius 2 is 2.35 bits per heavy atom. The first kappa shape index (κ1) is 13.3. The average Bonchev–Trinajstić information content (AvgIpc) is 2.74. The fourth-order valence-corrected chi connectivity index (χ4v) is 1.76. The Morgan fingerprint density at radius 3 is 2.82 bits per heavy atom. The van der Waals surface area contributed by atoms with E-state index in [4.69, 9.17) is 11.0 Å². The monoisotopic (exact) mass is 251 g/mol. The van der Waals surface area contributed by atoms with Crippen LogP contribution in [0.1, 0.15) is 19.7 Å². The fourth-order valence-electron chi connectivity index (χ4n) is 1.07. The highest BCUT2D eigenvalue weighted by molar-refractivity contribution is 7.99. The highest BCUT2D eigenvalue weighted by Gasteiger charge is 2.13. The summed E-state index contributed by atoms with van der Waals surface area (Å²) in [5.74, 6) is 0.574. The number of nitrogens with two attached hydrogens (primary N) is 1. The van der Waals surface area contributed by atoms with Crippen LogP contribution in [0.25, 0.3) is 0 Å². The molecular formula is C10H13N5OS. The summed E-state index contributed by atoms with van der Waals surface area (Å²) in [6.45, 7) is 3.48. The molecule has 0 amide bonds. The molecule has 0 radical (unpaired) electrons. The summed E-state index contributed by atoms with van der Waals surface area (Å²) in [5, 5.41) is 15.9. The van der Waals surface area contributed by atoms with Gasteiger partial charge in [0.15, 0.2) is 5.78 Å². The average molecular weight is 251 g/mol. The number of H-pyrrole nitrogens is 1. The number of nitrogens with one attached hydrogen (secondary N) is 1. The van der Waals surface area contributed by atoms with Crippen molar-refractivity contribution in [3.63, 3.8) is 0 Å². The van der Waals surface area contributed by atoms with E-state index in [9.17, 15) is 4.79 Å². The Kier molecular flexibility index (Phi) is 4.72. The molecule has 0 unspecified atom stereocenters. The maximum absolute atomic E-state index is 11.6. The summed E-state index contributed by atoms with van der Waals surface area (Å²) < 4.78 is 0. The number of carbonyl (C=O) groups is 1. The van der Waals surface area contributed by atoms with Crippen molar-refractivity contribution >= 4 is 17.5 Å². The number of rotatable bonds is 5. The first-order valence-electron chi connectivity index (χ1n) is 5.02. The van der Waals surface area contributed by atoms with Crippen LogP contribution in [0.3, 0.4) is 0 Å². The summed E-state index contributed by atoms with van der Waals surface area (Å²) >= 11 is 1.18. The molecule has 1 heterocycles. The lowest BCUT2D eigenvalue weighted by atomic mass is 10.2. The molecule has 0 saturated heterocycles. The molecule has 0 saturated carbocycles. The van der Waals surface area contributed by atoms with Crippen molar-refractivity contribution in [2.24, 2.45) is 5.73 Å². The Bertz CT molecular complexity index is 481. The minimum absolute atomic E-state index is 0.00347. The topological polar surface area (TPSA) is 108 Å². The van der Waals surface area contributed by atoms with E-state index in [2.05, 4.69) is 15.2 Å². The molecule has 0 aromatic carbocycles. The Labute approximate surface area is 103 Å². The van der Waals surface area contributed by atoms with E-state index >= 15 is 0 Å². The minimum atomic E-state index is -0.305. The summed E-state index contributed by atoms with van der Waals surface area (Å²) in [6.07, 6.45) is 0.757. The number of hydrogen-bond acceptors (Lipinski definition) is 6. The first-order valence-corrected chi connectivity index (χ1v) is 6.00. The zero-order valence-corrected chi connectivity index (χ0v) is 10.5. The smallest absolute Gasteiger partial charge is 0.208 e. The predicted molar refractivity (Wildman–Crippen MR) is 64.0 cm³/mol. The van der Waals surface area contributed by atoms with Gasteiger partial charge in [-0.05, 0) is 6.92 Å². The Hall–Kier alpha value is -1.81. The molecule has 0 bridgehead atoms. The van der Waals surface area contributed by atoms with Gasteiger partial charge in [-0.3, -0.25) is 9.89 Å². The number of thioether (sulfide) groups is 1. The zero-order valence-electron chi connectivity index (χ0n) is 9.65. The molecule has 0 aliphatic carbocycles. The van der Waals surface area contributed by atoms with Crippen molar-refractivity contribution in [2.75, 3.05) is 5.75 Å². The largest absolute Gasteiger partial charge is 0.401 e. The van der Waals surface area contributed by atoms with Gasteiger partial charge in [-0.15, -0.1) is 5.10 Å². The second-order valence-electron chi connectivity index (χ2n) is 3.30. The van der Waals surface area contributed by atoms with Crippen LogP contribution in [0.4, 0.5) is 0 Å². The van der Waals surface area contributed by atoms with Gasteiger partial charge in [0.1, 0.15) is 17.5 Å². The van der Waals surface area contributed by atoms with Crippen LogP contribution < -0.4 is 5.73 Å². The first-order chi connectivity index (χ1) is 8.08. The predicted octanol–water partition coefficient (Wildman–Crippen LogP) is 0.785.